The number of hydrogen-bond donors (Lipinski definition) is 4. The molecule has 4 N–H and O–H groups in total. The van der Waals surface area contributed by atoms with Crippen LogP contribution in [-0.4, -0.2) is 28.9 Å². The monoisotopic (exact) mass is 612 g/mol. The van der Waals surface area contributed by atoms with Crippen LogP contribution in [0.5, 0.6) is 0 Å². The van der Waals surface area contributed by atoms with Gasteiger partial charge in [0.1, 0.15) is 5.70 Å². The largest absolute Gasteiger partial charge is 0.326 e. The van der Waals surface area contributed by atoms with Gasteiger partial charge in [0.25, 0.3) is 11.8 Å². The highest BCUT2D eigenvalue weighted by molar-refractivity contribution is 8.00. The van der Waals surface area contributed by atoms with Crippen LogP contribution in [0.2, 0.25) is 5.02 Å². The number of anilines is 3. The smallest absolute Gasteiger partial charge is 0.272 e. The number of rotatable bonds is 10. The quantitative estimate of drug-likeness (QED) is 0.116. The van der Waals surface area contributed by atoms with Gasteiger partial charge in [-0.3, -0.25) is 19.2 Å². The lowest BCUT2D eigenvalue weighted by Crippen LogP contribution is -2.30. The summed E-state index contributed by atoms with van der Waals surface area (Å²) in [6.07, 6.45) is 1.57. The summed E-state index contributed by atoms with van der Waals surface area (Å²) in [6.45, 7) is 3.21. The molecule has 8 nitrogen and oxygen atoms in total. The van der Waals surface area contributed by atoms with Crippen LogP contribution >= 0.6 is 23.4 Å². The van der Waals surface area contributed by atoms with Gasteiger partial charge >= 0.3 is 0 Å². The molecule has 10 heteroatoms. The molecule has 4 amide bonds. The lowest BCUT2D eigenvalue weighted by Gasteiger charge is -2.14. The first kappa shape index (κ1) is 31.1. The average molecular weight is 613 g/mol. The van der Waals surface area contributed by atoms with Gasteiger partial charge < -0.3 is 21.3 Å². The minimum Gasteiger partial charge on any atom is -0.326 e. The zero-order chi connectivity index (χ0) is 30.8. The van der Waals surface area contributed by atoms with Crippen LogP contribution in [-0.2, 0) is 14.4 Å². The van der Waals surface area contributed by atoms with Crippen LogP contribution in [0.4, 0.5) is 17.1 Å². The van der Waals surface area contributed by atoms with Gasteiger partial charge in [-0.2, -0.15) is 0 Å². The van der Waals surface area contributed by atoms with Crippen molar-refractivity contribution in [2.24, 2.45) is 0 Å². The summed E-state index contributed by atoms with van der Waals surface area (Å²) in [5, 5.41) is 11.2. The molecule has 0 bridgehead atoms. The Morgan fingerprint density at radius 1 is 0.744 bits per heavy atom. The van der Waals surface area contributed by atoms with E-state index in [-0.39, 0.29) is 17.5 Å². The van der Waals surface area contributed by atoms with Gasteiger partial charge in [-0.15, -0.1) is 11.8 Å². The molecule has 0 aliphatic heterocycles. The Kier molecular flexibility index (Phi) is 10.7. The summed E-state index contributed by atoms with van der Waals surface area (Å²) in [7, 11) is 0. The second-order valence-corrected chi connectivity index (χ2v) is 11.3. The summed E-state index contributed by atoms with van der Waals surface area (Å²) in [5.41, 5.74) is 2.87. The van der Waals surface area contributed by atoms with Gasteiger partial charge in [0.15, 0.2) is 0 Å². The van der Waals surface area contributed by atoms with Crippen molar-refractivity contribution in [3.63, 3.8) is 0 Å². The van der Waals surface area contributed by atoms with Crippen molar-refractivity contribution in [2.75, 3.05) is 16.0 Å². The normalized spacial score (nSPS) is 11.7. The zero-order valence-electron chi connectivity index (χ0n) is 23.4. The van der Waals surface area contributed by atoms with Gasteiger partial charge in [0.05, 0.1) is 5.25 Å². The van der Waals surface area contributed by atoms with Gasteiger partial charge in [-0.1, -0.05) is 48.0 Å². The molecule has 0 aliphatic rings. The van der Waals surface area contributed by atoms with E-state index in [2.05, 4.69) is 21.3 Å². The molecule has 0 spiro atoms. The number of carbonyl (C=O) groups excluding carboxylic acids is 4. The highest BCUT2D eigenvalue weighted by Gasteiger charge is 2.17. The van der Waals surface area contributed by atoms with Gasteiger partial charge in [0.2, 0.25) is 11.8 Å². The second-order valence-electron chi connectivity index (χ2n) is 9.42. The van der Waals surface area contributed by atoms with E-state index in [9.17, 15) is 19.2 Å². The molecule has 0 heterocycles. The van der Waals surface area contributed by atoms with E-state index in [4.69, 9.17) is 11.6 Å². The average Bonchev–Trinajstić information content (AvgIpc) is 2.99. The Balaban J connectivity index is 1.43. The minimum atomic E-state index is -0.519. The Morgan fingerprint density at radius 2 is 1.40 bits per heavy atom. The lowest BCUT2D eigenvalue weighted by atomic mass is 10.1. The Hall–Kier alpha value is -4.86. The Morgan fingerprint density at radius 3 is 2.05 bits per heavy atom. The maximum atomic E-state index is 13.4. The third-order valence-electron chi connectivity index (χ3n) is 5.96. The SMILES string of the molecule is CC(=O)Nc1ccc(NC(=O)C(C)Sc2cccc(NC(=O)/C(=C/c3ccc(Cl)cc3)NC(=O)c3ccccc3)c2)cc1. The van der Waals surface area contributed by atoms with Gasteiger partial charge in [-0.25, -0.2) is 0 Å². The molecule has 1 unspecified atom stereocenters. The molecule has 0 fully saturated rings. The van der Waals surface area contributed by atoms with E-state index in [1.165, 1.54) is 18.7 Å². The van der Waals surface area contributed by atoms with Crippen molar-refractivity contribution in [2.45, 2.75) is 24.0 Å². The number of halogens is 1. The molecule has 0 saturated heterocycles. The topological polar surface area (TPSA) is 116 Å². The molecule has 0 aliphatic carbocycles. The molecule has 4 aromatic carbocycles. The number of nitrogens with one attached hydrogen (secondary N) is 4. The van der Waals surface area contributed by atoms with Crippen molar-refractivity contribution in [1.29, 1.82) is 0 Å². The number of benzene rings is 4. The first-order chi connectivity index (χ1) is 20.7. The highest BCUT2D eigenvalue weighted by Crippen LogP contribution is 2.27. The molecular weight excluding hydrogens is 584 g/mol. The van der Waals surface area contributed by atoms with Crippen LogP contribution < -0.4 is 21.3 Å². The van der Waals surface area contributed by atoms with E-state index in [1.54, 1.807) is 110 Å². The molecule has 218 valence electrons. The van der Waals surface area contributed by atoms with Crippen LogP contribution in [0.3, 0.4) is 0 Å². The van der Waals surface area contributed by atoms with E-state index < -0.39 is 17.1 Å². The molecular formula is C33H29ClN4O4S. The summed E-state index contributed by atoms with van der Waals surface area (Å²) >= 11 is 7.33. The molecule has 4 rings (SSSR count). The fraction of sp³-hybridized carbons (Fsp3) is 0.0909. The first-order valence-electron chi connectivity index (χ1n) is 13.3. The fourth-order valence-electron chi connectivity index (χ4n) is 3.86. The lowest BCUT2D eigenvalue weighted by molar-refractivity contribution is -0.115. The summed E-state index contributed by atoms with van der Waals surface area (Å²) < 4.78 is 0. The molecule has 43 heavy (non-hydrogen) atoms. The van der Waals surface area contributed by atoms with Gasteiger partial charge in [0, 0.05) is 39.5 Å². The standard InChI is InChI=1S/C33H29ClN4O4S/c1-21(31(40)36-27-17-15-26(16-18-27)35-22(2)39)43-29-10-6-9-28(20-29)37-33(42)30(19-23-11-13-25(34)14-12-23)38-32(41)24-7-4-3-5-8-24/h3-21H,1-2H3,(H,35,39)(H,36,40)(H,37,42)(H,38,41)/b30-19-. The van der Waals surface area contributed by atoms with E-state index in [0.29, 0.717) is 33.2 Å². The number of amides is 4. The number of carbonyl (C=O) groups is 4. The summed E-state index contributed by atoms with van der Waals surface area (Å²) in [4.78, 5) is 51.0. The van der Waals surface area contributed by atoms with E-state index >= 15 is 0 Å². The maximum Gasteiger partial charge on any atom is 0.272 e. The van der Waals surface area contributed by atoms with E-state index in [1.807, 2.05) is 6.07 Å². The number of thioether (sulfide) groups is 1. The van der Waals surface area contributed by atoms with Crippen molar-refractivity contribution in [1.82, 2.24) is 5.32 Å². The molecule has 0 saturated carbocycles. The van der Waals surface area contributed by atoms with Crippen LogP contribution in [0.1, 0.15) is 29.8 Å². The molecule has 1 atom stereocenters. The summed E-state index contributed by atoms with van der Waals surface area (Å²) in [5.74, 6) is -1.32. The van der Waals surface area contributed by atoms with Crippen molar-refractivity contribution >= 4 is 70.1 Å². The van der Waals surface area contributed by atoms with Crippen molar-refractivity contribution < 1.29 is 19.2 Å². The predicted molar refractivity (Wildman–Crippen MR) is 173 cm³/mol. The number of hydrogen-bond acceptors (Lipinski definition) is 5. The molecule has 0 radical (unpaired) electrons. The summed E-state index contributed by atoms with van der Waals surface area (Å²) in [6, 6.07) is 29.4. The van der Waals surface area contributed by atoms with E-state index in [0.717, 1.165) is 4.90 Å². The third-order valence-corrected chi connectivity index (χ3v) is 7.30. The maximum absolute atomic E-state index is 13.4. The highest BCUT2D eigenvalue weighted by atomic mass is 35.5. The van der Waals surface area contributed by atoms with Crippen LogP contribution in [0.15, 0.2) is 114 Å². The molecule has 0 aromatic heterocycles. The van der Waals surface area contributed by atoms with Crippen LogP contribution in [0.25, 0.3) is 6.08 Å². The molecule has 4 aromatic rings. The Labute approximate surface area is 258 Å². The minimum absolute atomic E-state index is 0.0477. The fourth-order valence-corrected chi connectivity index (χ4v) is 4.91. The van der Waals surface area contributed by atoms with Crippen molar-refractivity contribution in [3.05, 3.63) is 125 Å². The van der Waals surface area contributed by atoms with Gasteiger partial charge in [-0.05, 0) is 85.3 Å². The third kappa shape index (κ3) is 9.59. The predicted octanol–water partition coefficient (Wildman–Crippen LogP) is 6.83. The van der Waals surface area contributed by atoms with Crippen LogP contribution in [0, 0.1) is 0 Å². The Bertz CT molecular complexity index is 1640. The zero-order valence-corrected chi connectivity index (χ0v) is 25.0. The second kappa shape index (κ2) is 14.9. The first-order valence-corrected chi connectivity index (χ1v) is 14.5. The van der Waals surface area contributed by atoms with Crippen molar-refractivity contribution in [3.8, 4) is 0 Å².